The van der Waals surface area contributed by atoms with Crippen LogP contribution in [0.2, 0.25) is 5.02 Å². The average Bonchev–Trinajstić information content (AvgIpc) is 3.17. The zero-order chi connectivity index (χ0) is 20.4. The Labute approximate surface area is 175 Å². The van der Waals surface area contributed by atoms with E-state index in [0.29, 0.717) is 23.9 Å². The topological polar surface area (TPSA) is 51.7 Å². The Morgan fingerprint density at radius 2 is 1.90 bits per heavy atom. The molecule has 6 heteroatoms. The van der Waals surface area contributed by atoms with Gasteiger partial charge in [-0.05, 0) is 50.2 Å². The summed E-state index contributed by atoms with van der Waals surface area (Å²) in [5.41, 5.74) is -0.143. The number of aromatic nitrogens is 1. The number of likely N-dealkylation sites (tertiary alicyclic amines) is 1. The number of fused-ring (bicyclic) bond motifs is 1. The third kappa shape index (κ3) is 4.30. The van der Waals surface area contributed by atoms with E-state index in [9.17, 15) is 4.79 Å². The fraction of sp³-hybridized carbons (Fsp3) is 0.304. The highest BCUT2D eigenvalue weighted by Gasteiger charge is 2.38. The molecule has 29 heavy (non-hydrogen) atoms. The lowest BCUT2D eigenvalue weighted by molar-refractivity contribution is -0.144. The quantitative estimate of drug-likeness (QED) is 0.610. The van der Waals surface area contributed by atoms with E-state index in [1.165, 1.54) is 0 Å². The van der Waals surface area contributed by atoms with Crippen molar-refractivity contribution in [1.82, 2.24) is 9.88 Å². The van der Waals surface area contributed by atoms with Crippen LogP contribution in [-0.2, 0) is 4.79 Å². The normalized spacial score (nSPS) is 16.8. The van der Waals surface area contributed by atoms with Crippen LogP contribution < -0.4 is 9.47 Å². The molecule has 5 nitrogen and oxygen atoms in total. The highest BCUT2D eigenvalue weighted by Crippen LogP contribution is 2.28. The first-order valence-electron chi connectivity index (χ1n) is 9.67. The molecule has 1 aliphatic heterocycles. The van der Waals surface area contributed by atoms with Crippen molar-refractivity contribution in [2.75, 3.05) is 13.1 Å². The molecule has 1 fully saturated rings. The van der Waals surface area contributed by atoms with Gasteiger partial charge in [0.1, 0.15) is 23.1 Å². The highest BCUT2D eigenvalue weighted by atomic mass is 35.5. The third-order valence-corrected chi connectivity index (χ3v) is 5.28. The fourth-order valence-electron chi connectivity index (χ4n) is 3.58. The zero-order valence-corrected chi connectivity index (χ0v) is 17.2. The molecule has 3 aromatic rings. The molecule has 4 rings (SSSR count). The minimum absolute atomic E-state index is 0.0606. The summed E-state index contributed by atoms with van der Waals surface area (Å²) in [6.07, 6.45) is 2.46. The lowest BCUT2D eigenvalue weighted by atomic mass is 10.1. The lowest BCUT2D eigenvalue weighted by Gasteiger charge is -2.30. The zero-order valence-electron chi connectivity index (χ0n) is 16.5. The SMILES string of the molecule is CC(C)(Oc1ccc(Cl)cc1)C(=O)N1CCC(Oc2cccc3cccnc23)C1. The van der Waals surface area contributed by atoms with Crippen LogP contribution in [0.3, 0.4) is 0 Å². The van der Waals surface area contributed by atoms with Crippen molar-refractivity contribution in [1.29, 1.82) is 0 Å². The van der Waals surface area contributed by atoms with E-state index >= 15 is 0 Å². The number of hydrogen-bond donors (Lipinski definition) is 0. The standard InChI is InChI=1S/C23H23ClN2O3/c1-23(2,29-18-10-8-17(24)9-11-18)22(27)26-14-12-19(15-26)28-20-7-3-5-16-6-4-13-25-21(16)20/h3-11,13,19H,12,14-15H2,1-2H3. The van der Waals surface area contributed by atoms with Crippen LogP contribution in [0.25, 0.3) is 10.9 Å². The first-order chi connectivity index (χ1) is 13.9. The Bertz CT molecular complexity index is 1010. The van der Waals surface area contributed by atoms with Crippen LogP contribution in [0.1, 0.15) is 20.3 Å². The molecule has 150 valence electrons. The van der Waals surface area contributed by atoms with E-state index in [2.05, 4.69) is 4.98 Å². The molecular formula is C23H23ClN2O3. The van der Waals surface area contributed by atoms with Gasteiger partial charge in [-0.3, -0.25) is 9.78 Å². The number of carbonyl (C=O) groups excluding carboxylic acids is 1. The van der Waals surface area contributed by atoms with Crippen LogP contribution in [-0.4, -0.2) is 40.6 Å². The number of rotatable bonds is 5. The van der Waals surface area contributed by atoms with E-state index in [1.54, 1.807) is 49.2 Å². The van der Waals surface area contributed by atoms with Gasteiger partial charge in [-0.1, -0.05) is 29.8 Å². The minimum atomic E-state index is -0.982. The largest absolute Gasteiger partial charge is 0.486 e. The van der Waals surface area contributed by atoms with Gasteiger partial charge in [-0.2, -0.15) is 0 Å². The fourth-order valence-corrected chi connectivity index (χ4v) is 3.71. The molecule has 2 heterocycles. The summed E-state index contributed by atoms with van der Waals surface area (Å²) < 4.78 is 12.1. The minimum Gasteiger partial charge on any atom is -0.486 e. The number of carbonyl (C=O) groups is 1. The highest BCUT2D eigenvalue weighted by molar-refractivity contribution is 6.30. The number of pyridine rings is 1. The predicted octanol–water partition coefficient (Wildman–Crippen LogP) is 4.73. The van der Waals surface area contributed by atoms with Crippen LogP contribution in [0.5, 0.6) is 11.5 Å². The summed E-state index contributed by atoms with van der Waals surface area (Å²) in [4.78, 5) is 19.3. The molecule has 1 saturated heterocycles. The molecule has 0 spiro atoms. The molecule has 1 aliphatic rings. The smallest absolute Gasteiger partial charge is 0.266 e. The maximum absolute atomic E-state index is 13.1. The van der Waals surface area contributed by atoms with Gasteiger partial charge in [0.2, 0.25) is 0 Å². The number of ether oxygens (including phenoxy) is 2. The maximum Gasteiger partial charge on any atom is 0.266 e. The Kier molecular flexibility index (Phi) is 5.33. The first-order valence-corrected chi connectivity index (χ1v) is 10.0. The van der Waals surface area contributed by atoms with E-state index in [4.69, 9.17) is 21.1 Å². The number of hydrogen-bond acceptors (Lipinski definition) is 4. The Morgan fingerprint density at radius 1 is 1.14 bits per heavy atom. The second kappa shape index (κ2) is 7.91. The summed E-state index contributed by atoms with van der Waals surface area (Å²) in [5, 5.41) is 1.66. The van der Waals surface area contributed by atoms with Gasteiger partial charge in [0, 0.05) is 29.6 Å². The van der Waals surface area contributed by atoms with Gasteiger partial charge < -0.3 is 14.4 Å². The van der Waals surface area contributed by atoms with Crippen molar-refractivity contribution in [3.63, 3.8) is 0 Å². The van der Waals surface area contributed by atoms with Crippen molar-refractivity contribution in [3.8, 4) is 11.5 Å². The van der Waals surface area contributed by atoms with Crippen molar-refractivity contribution in [2.24, 2.45) is 0 Å². The van der Waals surface area contributed by atoms with E-state index in [1.807, 2.05) is 30.3 Å². The molecule has 1 amide bonds. The Balaban J connectivity index is 1.42. The van der Waals surface area contributed by atoms with E-state index in [-0.39, 0.29) is 12.0 Å². The predicted molar refractivity (Wildman–Crippen MR) is 114 cm³/mol. The Hall–Kier alpha value is -2.79. The third-order valence-electron chi connectivity index (χ3n) is 5.02. The van der Waals surface area contributed by atoms with Gasteiger partial charge in [0.05, 0.1) is 6.54 Å². The summed E-state index contributed by atoms with van der Waals surface area (Å²) in [6, 6.07) is 16.8. The summed E-state index contributed by atoms with van der Waals surface area (Å²) in [5.74, 6) is 1.30. The monoisotopic (exact) mass is 410 g/mol. The second-order valence-corrected chi connectivity index (χ2v) is 8.11. The number of para-hydroxylation sites is 1. The van der Waals surface area contributed by atoms with Gasteiger partial charge in [-0.15, -0.1) is 0 Å². The molecule has 0 N–H and O–H groups in total. The molecular weight excluding hydrogens is 388 g/mol. The lowest BCUT2D eigenvalue weighted by Crippen LogP contribution is -2.48. The van der Waals surface area contributed by atoms with E-state index < -0.39 is 5.60 Å². The van der Waals surface area contributed by atoms with Crippen molar-refractivity contribution >= 4 is 28.4 Å². The molecule has 0 saturated carbocycles. The number of benzene rings is 2. The number of amides is 1. The van der Waals surface area contributed by atoms with Crippen LogP contribution >= 0.6 is 11.6 Å². The van der Waals surface area contributed by atoms with Crippen LogP contribution in [0.15, 0.2) is 60.8 Å². The summed E-state index contributed by atoms with van der Waals surface area (Å²) >= 11 is 5.92. The van der Waals surface area contributed by atoms with Gasteiger partial charge in [-0.25, -0.2) is 0 Å². The first kappa shape index (κ1) is 19.5. The van der Waals surface area contributed by atoms with Crippen LogP contribution in [0, 0.1) is 0 Å². The molecule has 1 atom stereocenters. The summed E-state index contributed by atoms with van der Waals surface area (Å²) in [6.45, 7) is 4.73. The van der Waals surface area contributed by atoms with Gasteiger partial charge in [0.15, 0.2) is 5.60 Å². The van der Waals surface area contributed by atoms with Crippen molar-refractivity contribution in [2.45, 2.75) is 32.0 Å². The summed E-state index contributed by atoms with van der Waals surface area (Å²) in [7, 11) is 0. The molecule has 1 unspecified atom stereocenters. The molecule has 0 aliphatic carbocycles. The molecule has 2 aromatic carbocycles. The van der Waals surface area contributed by atoms with E-state index in [0.717, 1.165) is 23.1 Å². The second-order valence-electron chi connectivity index (χ2n) is 7.68. The molecule has 1 aromatic heterocycles. The Morgan fingerprint density at radius 3 is 2.69 bits per heavy atom. The van der Waals surface area contributed by atoms with Gasteiger partial charge in [0.25, 0.3) is 5.91 Å². The maximum atomic E-state index is 13.1. The van der Waals surface area contributed by atoms with Gasteiger partial charge >= 0.3 is 0 Å². The average molecular weight is 411 g/mol. The van der Waals surface area contributed by atoms with Crippen LogP contribution in [0.4, 0.5) is 0 Å². The van der Waals surface area contributed by atoms with Crippen molar-refractivity contribution < 1.29 is 14.3 Å². The molecule has 0 bridgehead atoms. The molecule has 0 radical (unpaired) electrons. The number of nitrogens with zero attached hydrogens (tertiary/aromatic N) is 2. The number of halogens is 1. The van der Waals surface area contributed by atoms with Crippen molar-refractivity contribution in [3.05, 3.63) is 65.8 Å².